The topological polar surface area (TPSA) is 29.1 Å². The van der Waals surface area contributed by atoms with Crippen LogP contribution >= 0.6 is 23.2 Å². The molecular formula is C17H23Cl2NO. The first-order valence-electron chi connectivity index (χ1n) is 7.86. The van der Waals surface area contributed by atoms with Gasteiger partial charge in [-0.05, 0) is 49.8 Å². The number of benzene rings is 1. The summed E-state index contributed by atoms with van der Waals surface area (Å²) in [6, 6.07) is 5.20. The van der Waals surface area contributed by atoms with Gasteiger partial charge >= 0.3 is 0 Å². The van der Waals surface area contributed by atoms with Gasteiger partial charge in [-0.25, -0.2) is 0 Å². The van der Waals surface area contributed by atoms with Gasteiger partial charge in [0.05, 0.1) is 10.0 Å². The van der Waals surface area contributed by atoms with Gasteiger partial charge in [-0.1, -0.05) is 49.4 Å². The number of rotatable bonds is 5. The van der Waals surface area contributed by atoms with Crippen LogP contribution in [0.3, 0.4) is 0 Å². The van der Waals surface area contributed by atoms with E-state index in [4.69, 9.17) is 23.2 Å². The molecule has 21 heavy (non-hydrogen) atoms. The van der Waals surface area contributed by atoms with Crippen LogP contribution in [-0.4, -0.2) is 5.91 Å². The van der Waals surface area contributed by atoms with Crippen LogP contribution < -0.4 is 5.32 Å². The molecular weight excluding hydrogens is 305 g/mol. The minimum atomic E-state index is 0.113. The molecule has 1 N–H and O–H groups in total. The van der Waals surface area contributed by atoms with Crippen molar-refractivity contribution in [2.24, 2.45) is 11.8 Å². The van der Waals surface area contributed by atoms with E-state index < -0.39 is 0 Å². The summed E-state index contributed by atoms with van der Waals surface area (Å²) in [5.74, 6) is 1.07. The largest absolute Gasteiger partial charge is 0.326 e. The van der Waals surface area contributed by atoms with Crippen molar-refractivity contribution in [1.82, 2.24) is 0 Å². The first kappa shape index (κ1) is 16.6. The molecule has 0 spiro atoms. The number of hydrogen-bond donors (Lipinski definition) is 1. The van der Waals surface area contributed by atoms with Gasteiger partial charge in [-0.15, -0.1) is 0 Å². The zero-order valence-corrected chi connectivity index (χ0v) is 14.0. The summed E-state index contributed by atoms with van der Waals surface area (Å²) in [7, 11) is 0. The lowest BCUT2D eigenvalue weighted by molar-refractivity contribution is -0.121. The summed E-state index contributed by atoms with van der Waals surface area (Å²) in [5, 5.41) is 3.93. The third-order valence-corrected chi connectivity index (χ3v) is 5.11. The monoisotopic (exact) mass is 327 g/mol. The van der Waals surface area contributed by atoms with Gasteiger partial charge in [-0.3, -0.25) is 4.79 Å². The Morgan fingerprint density at radius 3 is 2.52 bits per heavy atom. The fourth-order valence-electron chi connectivity index (χ4n) is 3.02. The minimum absolute atomic E-state index is 0.113. The van der Waals surface area contributed by atoms with E-state index in [1.807, 2.05) is 0 Å². The molecule has 1 aromatic rings. The van der Waals surface area contributed by atoms with E-state index in [0.717, 1.165) is 24.4 Å². The van der Waals surface area contributed by atoms with Crippen molar-refractivity contribution in [3.8, 4) is 0 Å². The number of unbranched alkanes of at least 4 members (excludes halogenated alkanes) is 1. The number of amides is 1. The number of nitrogens with one attached hydrogen (secondary N) is 1. The van der Waals surface area contributed by atoms with Crippen LogP contribution in [-0.2, 0) is 4.79 Å². The Kier molecular flexibility index (Phi) is 6.38. The average molecular weight is 328 g/mol. The van der Waals surface area contributed by atoms with Gasteiger partial charge in [0, 0.05) is 11.6 Å². The van der Waals surface area contributed by atoms with E-state index in [1.54, 1.807) is 18.2 Å². The van der Waals surface area contributed by atoms with Crippen molar-refractivity contribution in [3.63, 3.8) is 0 Å². The first-order chi connectivity index (χ1) is 10.1. The van der Waals surface area contributed by atoms with Crippen molar-refractivity contribution < 1.29 is 4.79 Å². The molecule has 0 atom stereocenters. The standard InChI is InChI=1S/C17H23Cl2NO/c1-2-3-4-12-5-7-13(8-6-12)17(21)20-14-9-10-15(18)16(19)11-14/h9-13H,2-8H2,1H3,(H,20,21). The second-order valence-corrected chi connectivity index (χ2v) is 6.79. The maximum atomic E-state index is 12.3. The van der Waals surface area contributed by atoms with Crippen molar-refractivity contribution in [1.29, 1.82) is 0 Å². The van der Waals surface area contributed by atoms with Gasteiger partial charge in [0.1, 0.15) is 0 Å². The van der Waals surface area contributed by atoms with E-state index in [1.165, 1.54) is 32.1 Å². The number of carbonyl (C=O) groups excluding carboxylic acids is 1. The maximum absolute atomic E-state index is 12.3. The Morgan fingerprint density at radius 2 is 1.90 bits per heavy atom. The van der Waals surface area contributed by atoms with Crippen LogP contribution in [0.1, 0.15) is 51.9 Å². The predicted molar refractivity (Wildman–Crippen MR) is 90.1 cm³/mol. The lowest BCUT2D eigenvalue weighted by atomic mass is 9.79. The molecule has 0 radical (unpaired) electrons. The summed E-state index contributed by atoms with van der Waals surface area (Å²) in [5.41, 5.74) is 0.725. The SMILES string of the molecule is CCCCC1CCC(C(=O)Nc2ccc(Cl)c(Cl)c2)CC1. The Morgan fingerprint density at radius 1 is 1.19 bits per heavy atom. The summed E-state index contributed by atoms with van der Waals surface area (Å²) >= 11 is 11.8. The number of hydrogen-bond acceptors (Lipinski definition) is 1. The molecule has 1 amide bonds. The molecule has 2 rings (SSSR count). The molecule has 1 saturated carbocycles. The molecule has 1 fully saturated rings. The van der Waals surface area contributed by atoms with Gasteiger partial charge < -0.3 is 5.32 Å². The zero-order chi connectivity index (χ0) is 15.2. The first-order valence-corrected chi connectivity index (χ1v) is 8.61. The van der Waals surface area contributed by atoms with Crippen molar-refractivity contribution in [2.75, 3.05) is 5.32 Å². The molecule has 0 unspecified atom stereocenters. The lowest BCUT2D eigenvalue weighted by Gasteiger charge is -2.27. The van der Waals surface area contributed by atoms with E-state index >= 15 is 0 Å². The van der Waals surface area contributed by atoms with Gasteiger partial charge in [0.15, 0.2) is 0 Å². The fourth-order valence-corrected chi connectivity index (χ4v) is 3.32. The van der Waals surface area contributed by atoms with Crippen LogP contribution in [0.15, 0.2) is 18.2 Å². The molecule has 1 aromatic carbocycles. The van der Waals surface area contributed by atoms with Crippen LogP contribution in [0.2, 0.25) is 10.0 Å². The number of halogens is 2. The van der Waals surface area contributed by atoms with Gasteiger partial charge in [-0.2, -0.15) is 0 Å². The van der Waals surface area contributed by atoms with E-state index in [-0.39, 0.29) is 11.8 Å². The van der Waals surface area contributed by atoms with Gasteiger partial charge in [0.25, 0.3) is 0 Å². The van der Waals surface area contributed by atoms with Crippen LogP contribution in [0.5, 0.6) is 0 Å². The molecule has 2 nitrogen and oxygen atoms in total. The van der Waals surface area contributed by atoms with Crippen molar-refractivity contribution in [2.45, 2.75) is 51.9 Å². The average Bonchev–Trinajstić information content (AvgIpc) is 2.49. The van der Waals surface area contributed by atoms with Crippen LogP contribution in [0.4, 0.5) is 5.69 Å². The third kappa shape index (κ3) is 4.89. The summed E-state index contributed by atoms with van der Waals surface area (Å²) in [6.45, 7) is 2.23. The molecule has 0 saturated heterocycles. The highest BCUT2D eigenvalue weighted by Crippen LogP contribution is 2.33. The normalized spacial score (nSPS) is 22.0. The molecule has 4 heteroatoms. The number of carbonyl (C=O) groups is 1. The summed E-state index contributed by atoms with van der Waals surface area (Å²) in [6.07, 6.45) is 8.25. The Labute approximate surface area is 137 Å². The quantitative estimate of drug-likeness (QED) is 0.713. The highest BCUT2D eigenvalue weighted by Gasteiger charge is 2.26. The van der Waals surface area contributed by atoms with Gasteiger partial charge in [0.2, 0.25) is 5.91 Å². The maximum Gasteiger partial charge on any atom is 0.227 e. The lowest BCUT2D eigenvalue weighted by Crippen LogP contribution is -2.27. The van der Waals surface area contributed by atoms with Crippen LogP contribution in [0.25, 0.3) is 0 Å². The van der Waals surface area contributed by atoms with E-state index in [9.17, 15) is 4.79 Å². The Bertz CT molecular complexity index is 482. The van der Waals surface area contributed by atoms with E-state index in [0.29, 0.717) is 10.0 Å². The zero-order valence-electron chi connectivity index (χ0n) is 12.5. The summed E-state index contributed by atoms with van der Waals surface area (Å²) in [4.78, 5) is 12.3. The van der Waals surface area contributed by atoms with Crippen molar-refractivity contribution >= 4 is 34.8 Å². The highest BCUT2D eigenvalue weighted by molar-refractivity contribution is 6.42. The Balaban J connectivity index is 1.83. The Hall–Kier alpha value is -0.730. The molecule has 0 aliphatic heterocycles. The second-order valence-electron chi connectivity index (χ2n) is 5.98. The van der Waals surface area contributed by atoms with Crippen molar-refractivity contribution in [3.05, 3.63) is 28.2 Å². The van der Waals surface area contributed by atoms with E-state index in [2.05, 4.69) is 12.2 Å². The second kappa shape index (κ2) is 8.05. The molecule has 0 bridgehead atoms. The molecule has 1 aliphatic carbocycles. The molecule has 0 aromatic heterocycles. The molecule has 1 aliphatic rings. The van der Waals surface area contributed by atoms with Crippen LogP contribution in [0, 0.1) is 11.8 Å². The highest BCUT2D eigenvalue weighted by atomic mass is 35.5. The smallest absolute Gasteiger partial charge is 0.227 e. The fraction of sp³-hybridized carbons (Fsp3) is 0.588. The minimum Gasteiger partial charge on any atom is -0.326 e. The molecule has 0 heterocycles. The molecule has 116 valence electrons. The third-order valence-electron chi connectivity index (χ3n) is 4.37. The number of anilines is 1. The summed E-state index contributed by atoms with van der Waals surface area (Å²) < 4.78 is 0. The predicted octanol–water partition coefficient (Wildman–Crippen LogP) is 5.93.